The number of benzene rings is 3. The molecule has 3 aromatic rings. The highest BCUT2D eigenvalue weighted by Crippen LogP contribution is 2.30. The summed E-state index contributed by atoms with van der Waals surface area (Å²) in [7, 11) is 0. The van der Waals surface area contributed by atoms with Crippen LogP contribution in [-0.4, -0.2) is 17.6 Å². The van der Waals surface area contributed by atoms with E-state index in [9.17, 15) is 9.90 Å². The zero-order valence-corrected chi connectivity index (χ0v) is 14.6. The van der Waals surface area contributed by atoms with Crippen molar-refractivity contribution in [3.8, 4) is 5.75 Å². The Balaban J connectivity index is 2.01. The van der Waals surface area contributed by atoms with Gasteiger partial charge in [-0.3, -0.25) is 4.79 Å². The lowest BCUT2D eigenvalue weighted by molar-refractivity contribution is 0.0983. The van der Waals surface area contributed by atoms with Crippen LogP contribution >= 0.6 is 0 Å². The zero-order chi connectivity index (χ0) is 17.8. The van der Waals surface area contributed by atoms with Gasteiger partial charge in [-0.25, -0.2) is 0 Å². The Morgan fingerprint density at radius 1 is 0.960 bits per heavy atom. The van der Waals surface area contributed by atoms with Crippen molar-refractivity contribution in [2.45, 2.75) is 20.3 Å². The largest absolute Gasteiger partial charge is 0.506 e. The van der Waals surface area contributed by atoms with E-state index in [1.807, 2.05) is 60.7 Å². The maximum Gasteiger partial charge on any atom is 0.262 e. The van der Waals surface area contributed by atoms with E-state index in [4.69, 9.17) is 0 Å². The van der Waals surface area contributed by atoms with Crippen molar-refractivity contribution < 1.29 is 9.90 Å². The summed E-state index contributed by atoms with van der Waals surface area (Å²) in [5.74, 6) is 0.368. The monoisotopic (exact) mass is 333 g/mol. The van der Waals surface area contributed by atoms with Gasteiger partial charge in [-0.1, -0.05) is 62.4 Å². The summed E-state index contributed by atoms with van der Waals surface area (Å²) in [6.07, 6.45) is 0.898. The van der Waals surface area contributed by atoms with E-state index in [1.54, 1.807) is 11.0 Å². The lowest BCUT2D eigenvalue weighted by Gasteiger charge is -2.24. The average molecular weight is 333 g/mol. The summed E-state index contributed by atoms with van der Waals surface area (Å²) in [4.78, 5) is 14.9. The van der Waals surface area contributed by atoms with Gasteiger partial charge < -0.3 is 10.0 Å². The number of phenolic OH excluding ortho intramolecular Hbond substituents is 1. The molecule has 0 fully saturated rings. The van der Waals surface area contributed by atoms with Crippen LogP contribution < -0.4 is 4.90 Å². The molecule has 0 aromatic heterocycles. The molecule has 128 valence electrons. The second-order valence-electron chi connectivity index (χ2n) is 6.66. The quantitative estimate of drug-likeness (QED) is 0.694. The second kappa shape index (κ2) is 7.39. The molecule has 0 atom stereocenters. The number of hydrogen-bond donors (Lipinski definition) is 1. The standard InChI is InChI=1S/C22H23NO2/c1-16(2)14-15-23(18-9-4-3-5-10-18)22(25)20-13-12-17-8-6-7-11-19(17)21(20)24/h3-13,16,24H,14-15H2,1-2H3. The first-order valence-corrected chi connectivity index (χ1v) is 8.65. The second-order valence-corrected chi connectivity index (χ2v) is 6.66. The van der Waals surface area contributed by atoms with E-state index in [0.29, 0.717) is 23.4 Å². The van der Waals surface area contributed by atoms with E-state index in [1.165, 1.54) is 0 Å². The molecule has 1 amide bonds. The average Bonchev–Trinajstić information content (AvgIpc) is 2.63. The number of aromatic hydroxyl groups is 1. The third-order valence-electron chi connectivity index (χ3n) is 4.37. The number of hydrogen-bond acceptors (Lipinski definition) is 2. The normalized spacial score (nSPS) is 11.0. The molecule has 3 rings (SSSR count). The van der Waals surface area contributed by atoms with Gasteiger partial charge in [0.2, 0.25) is 0 Å². The van der Waals surface area contributed by atoms with Crippen molar-refractivity contribution in [1.29, 1.82) is 0 Å². The van der Waals surface area contributed by atoms with Crippen LogP contribution in [0.25, 0.3) is 10.8 Å². The molecule has 0 saturated heterocycles. The van der Waals surface area contributed by atoms with Gasteiger partial charge in [0.15, 0.2) is 0 Å². The fraction of sp³-hybridized carbons (Fsp3) is 0.227. The Bertz CT molecular complexity index is 872. The highest BCUT2D eigenvalue weighted by molar-refractivity contribution is 6.11. The minimum atomic E-state index is -0.171. The van der Waals surface area contributed by atoms with Crippen molar-refractivity contribution in [2.75, 3.05) is 11.4 Å². The molecule has 0 heterocycles. The molecule has 0 saturated carbocycles. The predicted molar refractivity (Wildman–Crippen MR) is 103 cm³/mol. The number of anilines is 1. The number of fused-ring (bicyclic) bond motifs is 1. The minimum absolute atomic E-state index is 0.0496. The molecule has 0 aliphatic carbocycles. The third-order valence-corrected chi connectivity index (χ3v) is 4.37. The number of carbonyl (C=O) groups excluding carboxylic acids is 1. The van der Waals surface area contributed by atoms with Crippen molar-refractivity contribution >= 4 is 22.4 Å². The topological polar surface area (TPSA) is 40.5 Å². The molecule has 25 heavy (non-hydrogen) atoms. The first-order chi connectivity index (χ1) is 12.1. The van der Waals surface area contributed by atoms with Crippen LogP contribution in [0.15, 0.2) is 66.7 Å². The Hall–Kier alpha value is -2.81. The van der Waals surface area contributed by atoms with Gasteiger partial charge in [0.25, 0.3) is 5.91 Å². The molecule has 0 aliphatic heterocycles. The molecule has 3 heteroatoms. The first-order valence-electron chi connectivity index (χ1n) is 8.65. The van der Waals surface area contributed by atoms with Gasteiger partial charge in [-0.05, 0) is 35.9 Å². The fourth-order valence-electron chi connectivity index (χ4n) is 2.92. The van der Waals surface area contributed by atoms with Gasteiger partial charge in [0.1, 0.15) is 5.75 Å². The third kappa shape index (κ3) is 3.66. The molecule has 0 radical (unpaired) electrons. The number of para-hydroxylation sites is 1. The van der Waals surface area contributed by atoms with Gasteiger partial charge in [-0.15, -0.1) is 0 Å². The summed E-state index contributed by atoms with van der Waals surface area (Å²) in [5.41, 5.74) is 1.19. The SMILES string of the molecule is CC(C)CCN(C(=O)c1ccc2ccccc2c1O)c1ccccc1. The van der Waals surface area contributed by atoms with E-state index in [2.05, 4.69) is 13.8 Å². The molecule has 0 bridgehead atoms. The van der Waals surface area contributed by atoms with Crippen LogP contribution in [0.1, 0.15) is 30.6 Å². The molecular weight excluding hydrogens is 310 g/mol. The van der Waals surface area contributed by atoms with Crippen molar-refractivity contribution in [2.24, 2.45) is 5.92 Å². The maximum atomic E-state index is 13.2. The smallest absolute Gasteiger partial charge is 0.262 e. The number of nitrogens with zero attached hydrogens (tertiary/aromatic N) is 1. The Morgan fingerprint density at radius 2 is 1.64 bits per heavy atom. The Labute approximate surface area is 148 Å². The first kappa shape index (κ1) is 17.0. The summed E-state index contributed by atoms with van der Waals surface area (Å²) in [5, 5.41) is 12.3. The predicted octanol–water partition coefficient (Wildman–Crippen LogP) is 5.24. The van der Waals surface area contributed by atoms with E-state index in [0.717, 1.165) is 17.5 Å². The van der Waals surface area contributed by atoms with Crippen LogP contribution in [0.4, 0.5) is 5.69 Å². The summed E-state index contributed by atoms with van der Waals surface area (Å²) < 4.78 is 0. The molecule has 0 aliphatic rings. The summed E-state index contributed by atoms with van der Waals surface area (Å²) in [6, 6.07) is 20.8. The summed E-state index contributed by atoms with van der Waals surface area (Å²) >= 11 is 0. The molecule has 0 spiro atoms. The molecular formula is C22H23NO2. The van der Waals surface area contributed by atoms with Crippen LogP contribution in [0.3, 0.4) is 0 Å². The molecule has 0 unspecified atom stereocenters. The lowest BCUT2D eigenvalue weighted by Crippen LogP contribution is -2.32. The van der Waals surface area contributed by atoms with E-state index >= 15 is 0 Å². The lowest BCUT2D eigenvalue weighted by atomic mass is 10.0. The van der Waals surface area contributed by atoms with Crippen LogP contribution in [0.2, 0.25) is 0 Å². The fourth-order valence-corrected chi connectivity index (χ4v) is 2.92. The number of rotatable bonds is 5. The minimum Gasteiger partial charge on any atom is -0.506 e. The van der Waals surface area contributed by atoms with Crippen molar-refractivity contribution in [3.63, 3.8) is 0 Å². The number of amides is 1. The van der Waals surface area contributed by atoms with Crippen molar-refractivity contribution in [1.82, 2.24) is 0 Å². The highest BCUT2D eigenvalue weighted by atomic mass is 16.3. The van der Waals surface area contributed by atoms with Crippen LogP contribution in [0, 0.1) is 5.92 Å². The number of phenols is 1. The van der Waals surface area contributed by atoms with Gasteiger partial charge in [-0.2, -0.15) is 0 Å². The number of carbonyl (C=O) groups is 1. The zero-order valence-electron chi connectivity index (χ0n) is 14.6. The molecule has 1 N–H and O–H groups in total. The van der Waals surface area contributed by atoms with Gasteiger partial charge in [0, 0.05) is 17.6 Å². The molecule has 3 aromatic carbocycles. The van der Waals surface area contributed by atoms with Gasteiger partial charge >= 0.3 is 0 Å². The summed E-state index contributed by atoms with van der Waals surface area (Å²) in [6.45, 7) is 4.90. The Morgan fingerprint density at radius 3 is 2.36 bits per heavy atom. The van der Waals surface area contributed by atoms with Crippen LogP contribution in [0.5, 0.6) is 5.75 Å². The van der Waals surface area contributed by atoms with Crippen molar-refractivity contribution in [3.05, 3.63) is 72.3 Å². The van der Waals surface area contributed by atoms with Crippen LogP contribution in [-0.2, 0) is 0 Å². The van der Waals surface area contributed by atoms with Gasteiger partial charge in [0.05, 0.1) is 5.56 Å². The molecule has 3 nitrogen and oxygen atoms in total. The maximum absolute atomic E-state index is 13.2. The highest BCUT2D eigenvalue weighted by Gasteiger charge is 2.21. The Kier molecular flexibility index (Phi) is 5.03. The van der Waals surface area contributed by atoms with E-state index < -0.39 is 0 Å². The van der Waals surface area contributed by atoms with E-state index in [-0.39, 0.29) is 11.7 Å².